The van der Waals surface area contributed by atoms with Crippen molar-refractivity contribution in [3.05, 3.63) is 171 Å². The second kappa shape index (κ2) is 15.5. The van der Waals surface area contributed by atoms with Crippen molar-refractivity contribution in [2.75, 3.05) is 0 Å². The van der Waals surface area contributed by atoms with Gasteiger partial charge in [-0.1, -0.05) is 97.1 Å². The van der Waals surface area contributed by atoms with Crippen LogP contribution in [0.3, 0.4) is 0 Å². The summed E-state index contributed by atoms with van der Waals surface area (Å²) in [5.41, 5.74) is 12.3. The quantitative estimate of drug-likeness (QED) is 0.133. The van der Waals surface area contributed by atoms with Gasteiger partial charge in [-0.3, -0.25) is 0 Å². The van der Waals surface area contributed by atoms with E-state index in [1.54, 1.807) is 0 Å². The molecule has 0 fully saturated rings. The molecule has 4 aromatic heterocycles. The molecule has 0 aliphatic heterocycles. The van der Waals surface area contributed by atoms with Gasteiger partial charge in [-0.2, -0.15) is 0 Å². The molecule has 0 saturated carbocycles. The fourth-order valence-electron chi connectivity index (χ4n) is 6.64. The molecule has 0 saturated heterocycles. The van der Waals surface area contributed by atoms with E-state index in [2.05, 4.69) is 205 Å². The van der Waals surface area contributed by atoms with Crippen LogP contribution in [0, 0.1) is 0 Å². The lowest BCUT2D eigenvalue weighted by Crippen LogP contribution is -2.30. The van der Waals surface area contributed by atoms with Crippen molar-refractivity contribution < 1.29 is 13.7 Å². The van der Waals surface area contributed by atoms with Crippen molar-refractivity contribution >= 4 is 0 Å². The first-order valence-electron chi connectivity index (χ1n) is 18.7. The van der Waals surface area contributed by atoms with Gasteiger partial charge in [0.15, 0.2) is 54.7 Å². The Hall–Kier alpha value is -6.66. The summed E-state index contributed by atoms with van der Waals surface area (Å²) >= 11 is 0. The van der Waals surface area contributed by atoms with Gasteiger partial charge in [-0.05, 0) is 65.3 Å². The van der Waals surface area contributed by atoms with Crippen LogP contribution in [0.4, 0.5) is 0 Å². The number of nitrogens with zero attached hydrogens (tertiary/aromatic N) is 6. The third kappa shape index (κ3) is 7.46. The molecule has 0 atom stereocenters. The molecule has 0 radical (unpaired) electrons. The fraction of sp³-hybridized carbons (Fsp3) is 0.125. The van der Waals surface area contributed by atoms with Crippen LogP contribution in [0.2, 0.25) is 0 Å². The molecule has 8 rings (SSSR count). The van der Waals surface area contributed by atoms with Gasteiger partial charge in [0.1, 0.15) is 19.6 Å². The number of hydrogen-bond donors (Lipinski definition) is 0. The molecule has 0 amide bonds. The second-order valence-electron chi connectivity index (χ2n) is 13.4. The summed E-state index contributed by atoms with van der Waals surface area (Å²) in [5, 5.41) is 0. The Kier molecular flexibility index (Phi) is 9.90. The average molecular weight is 704 g/mol. The maximum absolute atomic E-state index is 5.02. The summed E-state index contributed by atoms with van der Waals surface area (Å²) in [7, 11) is 0. The normalized spacial score (nSPS) is 11.1. The molecular formula is C48H43N6+3. The van der Waals surface area contributed by atoms with Crippen molar-refractivity contribution in [2.24, 2.45) is 0 Å². The van der Waals surface area contributed by atoms with Crippen LogP contribution >= 0.6 is 0 Å². The van der Waals surface area contributed by atoms with Gasteiger partial charge in [-0.15, -0.1) is 0 Å². The topological polar surface area (TPSA) is 50.3 Å². The van der Waals surface area contributed by atoms with Gasteiger partial charge >= 0.3 is 0 Å². The van der Waals surface area contributed by atoms with Crippen molar-refractivity contribution in [2.45, 2.75) is 40.4 Å². The number of aromatic nitrogens is 6. The van der Waals surface area contributed by atoms with Gasteiger partial charge in [0, 0.05) is 53.1 Å². The molecule has 0 unspecified atom stereocenters. The monoisotopic (exact) mass is 703 g/mol. The van der Waals surface area contributed by atoms with E-state index in [4.69, 9.17) is 15.0 Å². The summed E-state index contributed by atoms with van der Waals surface area (Å²) in [6.07, 6.45) is 12.6. The number of pyridine rings is 3. The largest absolute Gasteiger partial charge is 0.208 e. The van der Waals surface area contributed by atoms with E-state index in [0.717, 1.165) is 58.6 Å². The lowest BCUT2D eigenvalue weighted by Gasteiger charge is -2.10. The van der Waals surface area contributed by atoms with E-state index in [-0.39, 0.29) is 0 Å². The van der Waals surface area contributed by atoms with Gasteiger partial charge in [0.05, 0.1) is 0 Å². The first-order chi connectivity index (χ1) is 26.6. The minimum atomic E-state index is 0.641. The minimum Gasteiger partial charge on any atom is -0.208 e. The Balaban J connectivity index is 1.07. The Morgan fingerprint density at radius 1 is 0.259 bits per heavy atom. The Morgan fingerprint density at radius 3 is 0.648 bits per heavy atom. The van der Waals surface area contributed by atoms with Crippen LogP contribution in [-0.2, 0) is 19.6 Å². The van der Waals surface area contributed by atoms with Crippen LogP contribution in [0.1, 0.15) is 20.8 Å². The van der Waals surface area contributed by atoms with Crippen molar-refractivity contribution in [3.63, 3.8) is 0 Å². The molecule has 0 spiro atoms. The zero-order valence-electron chi connectivity index (χ0n) is 31.0. The number of rotatable bonds is 10. The molecule has 4 aromatic carbocycles. The zero-order chi connectivity index (χ0) is 36.9. The highest BCUT2D eigenvalue weighted by Crippen LogP contribution is 2.30. The zero-order valence-corrected chi connectivity index (χ0v) is 31.0. The van der Waals surface area contributed by atoms with Crippen LogP contribution < -0.4 is 13.7 Å². The molecule has 0 bridgehead atoms. The molecule has 6 nitrogen and oxygen atoms in total. The van der Waals surface area contributed by atoms with Crippen LogP contribution in [0.5, 0.6) is 0 Å². The smallest absolute Gasteiger partial charge is 0.169 e. The first kappa shape index (κ1) is 34.4. The summed E-state index contributed by atoms with van der Waals surface area (Å²) in [5.74, 6) is 1.93. The average Bonchev–Trinajstić information content (AvgIpc) is 3.26. The number of hydrogen-bond acceptors (Lipinski definition) is 3. The predicted molar refractivity (Wildman–Crippen MR) is 215 cm³/mol. The maximum atomic E-state index is 5.02. The molecule has 4 heterocycles. The lowest BCUT2D eigenvalue weighted by molar-refractivity contribution is -0.693. The van der Waals surface area contributed by atoms with E-state index < -0.39 is 0 Å². The van der Waals surface area contributed by atoms with Gasteiger partial charge in [-0.25, -0.2) is 28.7 Å². The predicted octanol–water partition coefficient (Wildman–Crippen LogP) is 9.46. The minimum absolute atomic E-state index is 0.641. The summed E-state index contributed by atoms with van der Waals surface area (Å²) in [4.78, 5) is 15.0. The molecular weight excluding hydrogens is 661 g/mol. The molecule has 0 aliphatic rings. The summed E-state index contributed by atoms with van der Waals surface area (Å²) in [6, 6.07) is 47.3. The summed E-state index contributed by atoms with van der Waals surface area (Å²) in [6.45, 7) is 9.25. The third-order valence-corrected chi connectivity index (χ3v) is 10.1. The lowest BCUT2D eigenvalue weighted by atomic mass is 9.99. The van der Waals surface area contributed by atoms with Crippen molar-refractivity contribution in [1.82, 2.24) is 15.0 Å². The number of benzene rings is 4. The van der Waals surface area contributed by atoms with E-state index in [9.17, 15) is 0 Å². The highest BCUT2D eigenvalue weighted by molar-refractivity contribution is 5.75. The second-order valence-corrected chi connectivity index (χ2v) is 13.4. The van der Waals surface area contributed by atoms with E-state index >= 15 is 0 Å². The standard InChI is InChI=1S/C48H43N6/c1-4-52-29-23-41(24-30-52)39-11-7-35(8-12-39)37-15-19-43(20-16-37)46-49-47(51-48(50-46)45-27-33-54(6-3)34-28-45)44-21-17-38(18-22-44)36-9-13-40(14-10-36)42-25-31-53(5-2)32-26-42/h7-34H,4-6H2,1-3H3/q+3. The Labute approximate surface area is 317 Å². The highest BCUT2D eigenvalue weighted by Gasteiger charge is 2.14. The molecule has 262 valence electrons. The van der Waals surface area contributed by atoms with E-state index in [1.807, 2.05) is 0 Å². The fourth-order valence-corrected chi connectivity index (χ4v) is 6.64. The van der Waals surface area contributed by atoms with Crippen LogP contribution in [0.15, 0.2) is 171 Å². The highest BCUT2D eigenvalue weighted by atomic mass is 15.0. The maximum Gasteiger partial charge on any atom is 0.169 e. The number of aryl methyl sites for hydroxylation is 3. The summed E-state index contributed by atoms with van der Waals surface area (Å²) < 4.78 is 6.47. The van der Waals surface area contributed by atoms with E-state index in [1.165, 1.54) is 22.3 Å². The van der Waals surface area contributed by atoms with Gasteiger partial charge in [0.25, 0.3) is 0 Å². The molecule has 0 N–H and O–H groups in total. The van der Waals surface area contributed by atoms with Crippen LogP contribution in [-0.4, -0.2) is 15.0 Å². The van der Waals surface area contributed by atoms with Crippen molar-refractivity contribution in [1.29, 1.82) is 0 Å². The SMILES string of the molecule is CC[n+]1ccc(-c2ccc(-c3ccc(-c4nc(-c5ccc(-c6ccc(-c7cc[n+](CC)cc7)cc6)cc5)nc(-c5cc[n+](CC)cc5)n4)cc3)cc2)cc1. The Bertz CT molecular complexity index is 2320. The third-order valence-electron chi connectivity index (χ3n) is 10.1. The molecule has 54 heavy (non-hydrogen) atoms. The molecule has 0 aliphatic carbocycles. The molecule has 6 heteroatoms. The van der Waals surface area contributed by atoms with E-state index in [0.29, 0.717) is 17.5 Å². The molecule has 8 aromatic rings. The van der Waals surface area contributed by atoms with Gasteiger partial charge in [0.2, 0.25) is 0 Å². The van der Waals surface area contributed by atoms with Crippen molar-refractivity contribution in [3.8, 4) is 78.7 Å². The Morgan fingerprint density at radius 2 is 0.426 bits per heavy atom. The van der Waals surface area contributed by atoms with Crippen LogP contribution in [0.25, 0.3) is 78.7 Å². The first-order valence-corrected chi connectivity index (χ1v) is 18.7. The van der Waals surface area contributed by atoms with Gasteiger partial charge < -0.3 is 0 Å².